The SMILES string of the molecule is O=C1c2nc(-c3ccc(CN[SH](=O)=O)cc3)nc(N3CCOCC3)c2CN1Cc1ccccc1. The first-order valence-corrected chi connectivity index (χ1v) is 12.3. The molecule has 2 aromatic carbocycles. The number of ether oxygens (including phenoxy) is 1. The van der Waals surface area contributed by atoms with E-state index in [2.05, 4.69) is 14.6 Å². The van der Waals surface area contributed by atoms with Gasteiger partial charge in [0, 0.05) is 37.3 Å². The molecule has 0 atom stereocenters. The molecular formula is C24H25N5O4S. The number of thiol groups is 1. The van der Waals surface area contributed by atoms with E-state index in [1.165, 1.54) is 0 Å². The molecule has 1 fully saturated rings. The Kier molecular flexibility index (Phi) is 6.52. The van der Waals surface area contributed by atoms with Crippen LogP contribution in [-0.2, 0) is 35.3 Å². The third kappa shape index (κ3) is 4.79. The molecule has 2 aliphatic rings. The topological polar surface area (TPSA) is 105 Å². The average Bonchev–Trinajstić information content (AvgIpc) is 3.18. The number of benzene rings is 2. The number of amides is 1. The van der Waals surface area contributed by atoms with E-state index >= 15 is 0 Å². The molecule has 34 heavy (non-hydrogen) atoms. The lowest BCUT2D eigenvalue weighted by Crippen LogP contribution is -2.37. The van der Waals surface area contributed by atoms with E-state index in [0.29, 0.717) is 50.9 Å². The molecule has 0 bridgehead atoms. The molecule has 9 nitrogen and oxygen atoms in total. The molecule has 1 aromatic heterocycles. The Morgan fingerprint density at radius 3 is 2.38 bits per heavy atom. The molecule has 10 heteroatoms. The maximum atomic E-state index is 13.3. The van der Waals surface area contributed by atoms with E-state index in [1.54, 1.807) is 4.90 Å². The van der Waals surface area contributed by atoms with Gasteiger partial charge < -0.3 is 14.5 Å². The van der Waals surface area contributed by atoms with Crippen molar-refractivity contribution < 1.29 is 17.9 Å². The summed E-state index contributed by atoms with van der Waals surface area (Å²) in [5.74, 6) is 1.16. The molecular weight excluding hydrogens is 454 g/mol. The van der Waals surface area contributed by atoms with Gasteiger partial charge >= 0.3 is 0 Å². The molecule has 3 heterocycles. The fraction of sp³-hybridized carbons (Fsp3) is 0.292. The van der Waals surface area contributed by atoms with Crippen molar-refractivity contribution in [3.05, 3.63) is 77.0 Å². The maximum absolute atomic E-state index is 13.3. The molecule has 0 radical (unpaired) electrons. The summed E-state index contributed by atoms with van der Waals surface area (Å²) >= 11 is 0. The zero-order valence-electron chi connectivity index (χ0n) is 18.5. The fourth-order valence-corrected chi connectivity index (χ4v) is 4.54. The van der Waals surface area contributed by atoms with E-state index in [4.69, 9.17) is 9.72 Å². The third-order valence-electron chi connectivity index (χ3n) is 5.98. The summed E-state index contributed by atoms with van der Waals surface area (Å²) in [6, 6.07) is 17.3. The molecule has 0 saturated carbocycles. The van der Waals surface area contributed by atoms with Crippen LogP contribution < -0.4 is 9.62 Å². The number of hydrogen-bond acceptors (Lipinski definition) is 7. The first-order chi connectivity index (χ1) is 16.6. The molecule has 0 spiro atoms. The first kappa shape index (κ1) is 22.5. The number of anilines is 1. The zero-order chi connectivity index (χ0) is 23.5. The largest absolute Gasteiger partial charge is 0.378 e. The van der Waals surface area contributed by atoms with Gasteiger partial charge in [-0.3, -0.25) is 4.79 Å². The highest BCUT2D eigenvalue weighted by molar-refractivity contribution is 7.70. The molecule has 0 aliphatic carbocycles. The maximum Gasteiger partial charge on any atom is 0.273 e. The van der Waals surface area contributed by atoms with E-state index in [0.717, 1.165) is 28.1 Å². The Morgan fingerprint density at radius 1 is 0.941 bits per heavy atom. The van der Waals surface area contributed by atoms with E-state index < -0.39 is 10.9 Å². The van der Waals surface area contributed by atoms with Crippen molar-refractivity contribution in [1.29, 1.82) is 0 Å². The van der Waals surface area contributed by atoms with Gasteiger partial charge in [-0.25, -0.2) is 23.1 Å². The third-order valence-corrected chi connectivity index (χ3v) is 6.39. The lowest BCUT2D eigenvalue weighted by atomic mass is 10.1. The number of fused-ring (bicyclic) bond motifs is 1. The number of carbonyl (C=O) groups is 1. The quantitative estimate of drug-likeness (QED) is 0.498. The van der Waals surface area contributed by atoms with Gasteiger partial charge in [0.2, 0.25) is 10.9 Å². The molecule has 3 aromatic rings. The van der Waals surface area contributed by atoms with Crippen molar-refractivity contribution in [3.63, 3.8) is 0 Å². The molecule has 2 aliphatic heterocycles. The highest BCUT2D eigenvalue weighted by Crippen LogP contribution is 2.33. The average molecular weight is 480 g/mol. The van der Waals surface area contributed by atoms with Crippen LogP contribution in [0.5, 0.6) is 0 Å². The second kappa shape index (κ2) is 9.88. The number of rotatable bonds is 7. The summed E-state index contributed by atoms with van der Waals surface area (Å²) in [5, 5.41) is 0. The Balaban J connectivity index is 1.48. The Labute approximate surface area is 199 Å². The Bertz CT molecular complexity index is 1250. The van der Waals surface area contributed by atoms with Gasteiger partial charge in [0.1, 0.15) is 11.5 Å². The van der Waals surface area contributed by atoms with Crippen molar-refractivity contribution >= 4 is 22.6 Å². The van der Waals surface area contributed by atoms with Crippen LogP contribution in [0.2, 0.25) is 0 Å². The van der Waals surface area contributed by atoms with Crippen LogP contribution in [0, 0.1) is 0 Å². The van der Waals surface area contributed by atoms with Crippen LogP contribution >= 0.6 is 0 Å². The fourth-order valence-electron chi connectivity index (χ4n) is 4.23. The summed E-state index contributed by atoms with van der Waals surface area (Å²) in [6.45, 7) is 3.82. The van der Waals surface area contributed by atoms with E-state index in [9.17, 15) is 13.2 Å². The predicted octanol–water partition coefficient (Wildman–Crippen LogP) is 1.75. The number of nitrogens with one attached hydrogen (secondary N) is 1. The summed E-state index contributed by atoms with van der Waals surface area (Å²) in [7, 11) is -2.65. The molecule has 1 N–H and O–H groups in total. The lowest BCUT2D eigenvalue weighted by molar-refractivity contribution is 0.0762. The predicted molar refractivity (Wildman–Crippen MR) is 128 cm³/mol. The van der Waals surface area contributed by atoms with Crippen LogP contribution in [0.1, 0.15) is 27.2 Å². The highest BCUT2D eigenvalue weighted by Gasteiger charge is 2.34. The normalized spacial score (nSPS) is 15.7. The van der Waals surface area contributed by atoms with Gasteiger partial charge in [-0.05, 0) is 11.1 Å². The minimum atomic E-state index is -2.65. The first-order valence-electron chi connectivity index (χ1n) is 11.1. The number of aromatic nitrogens is 2. The number of carbonyl (C=O) groups excluding carboxylic acids is 1. The minimum Gasteiger partial charge on any atom is -0.378 e. The summed E-state index contributed by atoms with van der Waals surface area (Å²) < 4.78 is 29.5. The lowest BCUT2D eigenvalue weighted by Gasteiger charge is -2.29. The van der Waals surface area contributed by atoms with E-state index in [-0.39, 0.29) is 12.5 Å². The molecule has 176 valence electrons. The van der Waals surface area contributed by atoms with Crippen molar-refractivity contribution in [1.82, 2.24) is 19.6 Å². The second-order valence-corrected chi connectivity index (χ2v) is 9.06. The van der Waals surface area contributed by atoms with Gasteiger partial charge in [0.05, 0.1) is 19.8 Å². The zero-order valence-corrected chi connectivity index (χ0v) is 19.4. The Hall–Kier alpha value is -3.34. The van der Waals surface area contributed by atoms with Crippen molar-refractivity contribution in [2.75, 3.05) is 31.2 Å². The number of nitrogens with zero attached hydrogens (tertiary/aromatic N) is 4. The van der Waals surface area contributed by atoms with Gasteiger partial charge in [-0.15, -0.1) is 0 Å². The van der Waals surface area contributed by atoms with Crippen LogP contribution in [-0.4, -0.2) is 55.5 Å². The summed E-state index contributed by atoms with van der Waals surface area (Å²) in [6.07, 6.45) is 0. The van der Waals surface area contributed by atoms with Gasteiger partial charge in [-0.2, -0.15) is 0 Å². The highest BCUT2D eigenvalue weighted by atomic mass is 32.2. The van der Waals surface area contributed by atoms with Gasteiger partial charge in [-0.1, -0.05) is 54.6 Å². The number of hydrogen-bond donors (Lipinski definition) is 2. The summed E-state index contributed by atoms with van der Waals surface area (Å²) in [5.41, 5.74) is 3.95. The smallest absolute Gasteiger partial charge is 0.273 e. The second-order valence-electron chi connectivity index (χ2n) is 8.23. The molecule has 0 unspecified atom stereocenters. The van der Waals surface area contributed by atoms with Crippen LogP contribution in [0.4, 0.5) is 5.82 Å². The standard InChI is InChI=1S/C24H25N5O4S/c30-24-21-20(16-29(24)15-18-4-2-1-3-5-18)23(28-10-12-33-13-11-28)27-22(26-21)19-8-6-17(7-9-19)14-25-34(31)32/h1-9,34H,10-16H2,(H,25,31,32). The van der Waals surface area contributed by atoms with Crippen LogP contribution in [0.15, 0.2) is 54.6 Å². The van der Waals surface area contributed by atoms with Crippen LogP contribution in [0.3, 0.4) is 0 Å². The van der Waals surface area contributed by atoms with Crippen molar-refractivity contribution in [2.24, 2.45) is 0 Å². The van der Waals surface area contributed by atoms with Crippen LogP contribution in [0.25, 0.3) is 11.4 Å². The monoisotopic (exact) mass is 479 g/mol. The van der Waals surface area contributed by atoms with Gasteiger partial charge in [0.25, 0.3) is 5.91 Å². The molecule has 5 rings (SSSR count). The molecule has 1 amide bonds. The summed E-state index contributed by atoms with van der Waals surface area (Å²) in [4.78, 5) is 26.9. The van der Waals surface area contributed by atoms with Gasteiger partial charge in [0.15, 0.2) is 5.82 Å². The Morgan fingerprint density at radius 2 is 1.68 bits per heavy atom. The van der Waals surface area contributed by atoms with Crippen molar-refractivity contribution in [2.45, 2.75) is 19.6 Å². The van der Waals surface area contributed by atoms with E-state index in [1.807, 2.05) is 54.6 Å². The van der Waals surface area contributed by atoms with Crippen molar-refractivity contribution in [3.8, 4) is 11.4 Å². The minimum absolute atomic E-state index is 0.0999. The molecule has 1 saturated heterocycles. The number of morpholine rings is 1.